The highest BCUT2D eigenvalue weighted by Crippen LogP contribution is 2.72. The van der Waals surface area contributed by atoms with Crippen molar-refractivity contribution in [2.24, 2.45) is 16.2 Å². The fourth-order valence-corrected chi connectivity index (χ4v) is 6.30. The maximum absolute atomic E-state index is 13.3. The number of halogens is 1. The van der Waals surface area contributed by atoms with Crippen LogP contribution in [0.1, 0.15) is 33.6 Å². The number of carbonyl (C=O) groups is 2. The Bertz CT molecular complexity index is 499. The first-order chi connectivity index (χ1) is 9.68. The van der Waals surface area contributed by atoms with Crippen LogP contribution >= 0.6 is 15.9 Å². The average molecular weight is 358 g/mol. The van der Waals surface area contributed by atoms with Gasteiger partial charge in [-0.25, -0.2) is 0 Å². The Morgan fingerprint density at radius 1 is 1.24 bits per heavy atom. The lowest BCUT2D eigenvalue weighted by molar-refractivity contribution is -0.883. The van der Waals surface area contributed by atoms with Crippen LogP contribution in [0.25, 0.3) is 0 Å². The number of carbonyl (C=O) groups excluding carboxylic acids is 2. The first kappa shape index (κ1) is 15.5. The minimum Gasteiger partial charge on any atom is -0.334 e. The van der Waals surface area contributed by atoms with Crippen LogP contribution in [0.3, 0.4) is 0 Å². The van der Waals surface area contributed by atoms with Crippen molar-refractivity contribution in [2.45, 2.75) is 38.4 Å². The van der Waals surface area contributed by atoms with Gasteiger partial charge in [0.05, 0.1) is 43.5 Å². The van der Waals surface area contributed by atoms with E-state index in [2.05, 4.69) is 43.7 Å². The summed E-state index contributed by atoms with van der Waals surface area (Å²) < 4.78 is 0. The Labute approximate surface area is 135 Å². The van der Waals surface area contributed by atoms with Gasteiger partial charge in [0.25, 0.3) is 0 Å². The molecule has 3 aliphatic rings. The van der Waals surface area contributed by atoms with E-state index in [0.717, 1.165) is 39.0 Å². The summed E-state index contributed by atoms with van der Waals surface area (Å²) >= 11 is 3.61. The summed E-state index contributed by atoms with van der Waals surface area (Å²) in [6.07, 6.45) is 1.67. The van der Waals surface area contributed by atoms with Gasteiger partial charge in [-0.2, -0.15) is 0 Å². The van der Waals surface area contributed by atoms with E-state index in [1.54, 1.807) is 0 Å². The second kappa shape index (κ2) is 4.54. The summed E-state index contributed by atoms with van der Waals surface area (Å²) in [5.41, 5.74) is -1.20. The second-order valence-corrected chi connectivity index (χ2v) is 8.82. The minimum atomic E-state index is -0.552. The maximum atomic E-state index is 13.3. The van der Waals surface area contributed by atoms with Crippen LogP contribution in [0.5, 0.6) is 0 Å². The zero-order chi connectivity index (χ0) is 15.6. The Hall–Kier alpha value is -0.420. The minimum absolute atomic E-state index is 0.205. The number of quaternary nitrogens is 1. The molecule has 1 N–H and O–H groups in total. The van der Waals surface area contributed by atoms with Crippen LogP contribution in [-0.2, 0) is 9.59 Å². The number of rotatable bonds is 1. The second-order valence-electron chi connectivity index (χ2n) is 7.90. The van der Waals surface area contributed by atoms with E-state index in [1.165, 1.54) is 4.90 Å². The van der Waals surface area contributed by atoms with Crippen molar-refractivity contribution in [1.82, 2.24) is 4.90 Å². The van der Waals surface area contributed by atoms with Gasteiger partial charge in [0.15, 0.2) is 5.78 Å². The van der Waals surface area contributed by atoms with Crippen molar-refractivity contribution in [3.63, 3.8) is 0 Å². The van der Waals surface area contributed by atoms with Crippen LogP contribution in [0.4, 0.5) is 0 Å². The number of amides is 1. The molecule has 0 radical (unpaired) electrons. The number of likely N-dealkylation sites (N-methyl/N-ethyl adjacent to an activating group) is 1. The molecule has 0 aromatic heterocycles. The zero-order valence-electron chi connectivity index (χ0n) is 13.5. The highest BCUT2D eigenvalue weighted by atomic mass is 79.9. The van der Waals surface area contributed by atoms with Crippen molar-refractivity contribution in [3.05, 3.63) is 0 Å². The van der Waals surface area contributed by atoms with Crippen molar-refractivity contribution in [3.8, 4) is 0 Å². The molecule has 5 heteroatoms. The number of nitrogens with one attached hydrogen (secondary N) is 1. The van der Waals surface area contributed by atoms with Crippen molar-refractivity contribution in [2.75, 3.05) is 33.2 Å². The van der Waals surface area contributed by atoms with E-state index < -0.39 is 5.41 Å². The third kappa shape index (κ3) is 1.65. The van der Waals surface area contributed by atoms with Gasteiger partial charge >= 0.3 is 0 Å². The van der Waals surface area contributed by atoms with Crippen molar-refractivity contribution < 1.29 is 14.5 Å². The van der Waals surface area contributed by atoms with Gasteiger partial charge in [-0.1, -0.05) is 36.7 Å². The first-order valence-electron chi connectivity index (χ1n) is 7.97. The molecule has 2 aliphatic carbocycles. The van der Waals surface area contributed by atoms with E-state index in [4.69, 9.17) is 0 Å². The summed E-state index contributed by atoms with van der Waals surface area (Å²) in [7, 11) is 2.17. The standard InChI is InChI=1S/C16H25BrN2O2/c1-14(2)15(3)5-6-16(14,11(17)12(15)20)13(21)19-9-7-18(4)8-10-19/h11H,5-10H2,1-4H3/p+1/t11-,15+,16-/m1/s1. The van der Waals surface area contributed by atoms with Gasteiger partial charge in [0, 0.05) is 5.41 Å². The molecule has 21 heavy (non-hydrogen) atoms. The Balaban J connectivity index is 1.96. The van der Waals surface area contributed by atoms with Gasteiger partial charge in [0.1, 0.15) is 0 Å². The molecule has 1 saturated heterocycles. The predicted molar refractivity (Wildman–Crippen MR) is 84.5 cm³/mol. The molecular weight excluding hydrogens is 332 g/mol. The number of nitrogens with zero attached hydrogens (tertiary/aromatic N) is 1. The molecule has 2 saturated carbocycles. The number of hydrogen-bond donors (Lipinski definition) is 1. The highest BCUT2D eigenvalue weighted by Gasteiger charge is 2.77. The van der Waals surface area contributed by atoms with E-state index in [0.29, 0.717) is 0 Å². The van der Waals surface area contributed by atoms with Gasteiger partial charge in [-0.05, 0) is 18.3 Å². The molecule has 4 nitrogen and oxygen atoms in total. The van der Waals surface area contributed by atoms with E-state index in [1.807, 2.05) is 4.90 Å². The van der Waals surface area contributed by atoms with Crippen LogP contribution in [-0.4, -0.2) is 54.6 Å². The van der Waals surface area contributed by atoms with Gasteiger partial charge < -0.3 is 9.80 Å². The topological polar surface area (TPSA) is 41.8 Å². The largest absolute Gasteiger partial charge is 0.334 e. The number of piperazine rings is 1. The Morgan fingerprint density at radius 3 is 2.29 bits per heavy atom. The Kier molecular flexibility index (Phi) is 3.35. The number of hydrogen-bond acceptors (Lipinski definition) is 2. The number of Topliss-reactive ketones (excluding diaryl/α,β-unsaturated/α-hetero) is 1. The first-order valence-corrected chi connectivity index (χ1v) is 8.89. The molecule has 3 fully saturated rings. The maximum Gasteiger partial charge on any atom is 0.231 e. The number of alkyl halides is 1. The smallest absolute Gasteiger partial charge is 0.231 e. The molecule has 0 spiro atoms. The van der Waals surface area contributed by atoms with Crippen LogP contribution in [0.15, 0.2) is 0 Å². The summed E-state index contributed by atoms with van der Waals surface area (Å²) in [6, 6.07) is 0. The Morgan fingerprint density at radius 2 is 1.81 bits per heavy atom. The highest BCUT2D eigenvalue weighted by molar-refractivity contribution is 9.10. The van der Waals surface area contributed by atoms with E-state index in [-0.39, 0.29) is 27.3 Å². The summed E-state index contributed by atoms with van der Waals surface area (Å²) in [4.78, 5) is 29.2. The molecule has 1 amide bonds. The fourth-order valence-electron chi connectivity index (χ4n) is 4.80. The number of ketones is 1. The SMILES string of the molecule is C[NH+]1CCN(C(=O)[C@@]23CC[C@@](C)(C(=O)[C@H]2Br)C3(C)C)CC1. The summed E-state index contributed by atoms with van der Waals surface area (Å²) in [6.45, 7) is 9.93. The predicted octanol–water partition coefficient (Wildman–Crippen LogP) is 0.502. The van der Waals surface area contributed by atoms with Crippen LogP contribution in [0.2, 0.25) is 0 Å². The molecule has 3 rings (SSSR count). The molecular formula is C16H26BrN2O2+. The lowest BCUT2D eigenvalue weighted by Gasteiger charge is -2.43. The lowest BCUT2D eigenvalue weighted by atomic mass is 9.64. The van der Waals surface area contributed by atoms with Crippen molar-refractivity contribution >= 4 is 27.6 Å². The van der Waals surface area contributed by atoms with Crippen LogP contribution in [0, 0.1) is 16.2 Å². The van der Waals surface area contributed by atoms with Gasteiger partial charge in [-0.15, -0.1) is 0 Å². The quantitative estimate of drug-likeness (QED) is 0.694. The summed E-state index contributed by atoms with van der Waals surface area (Å²) in [5.74, 6) is 0.434. The molecule has 0 unspecified atom stereocenters. The van der Waals surface area contributed by atoms with Gasteiger partial charge in [0.2, 0.25) is 5.91 Å². The lowest BCUT2D eigenvalue weighted by Crippen LogP contribution is -3.12. The average Bonchev–Trinajstić information content (AvgIpc) is 2.71. The molecule has 2 bridgehead atoms. The van der Waals surface area contributed by atoms with E-state index >= 15 is 0 Å². The normalized spacial score (nSPS) is 42.6. The van der Waals surface area contributed by atoms with Crippen LogP contribution < -0.4 is 4.90 Å². The van der Waals surface area contributed by atoms with E-state index in [9.17, 15) is 9.59 Å². The molecule has 3 atom stereocenters. The third-order valence-corrected chi connectivity index (χ3v) is 8.20. The zero-order valence-corrected chi connectivity index (χ0v) is 15.0. The molecule has 0 aromatic rings. The fraction of sp³-hybridized carbons (Fsp3) is 0.875. The summed E-state index contributed by atoms with van der Waals surface area (Å²) in [5, 5.41) is 0. The monoisotopic (exact) mass is 357 g/mol. The molecule has 0 aromatic carbocycles. The molecule has 1 aliphatic heterocycles. The molecule has 1 heterocycles. The number of fused-ring (bicyclic) bond motifs is 2. The van der Waals surface area contributed by atoms with Crippen molar-refractivity contribution in [1.29, 1.82) is 0 Å². The van der Waals surface area contributed by atoms with Gasteiger partial charge in [-0.3, -0.25) is 9.59 Å². The molecule has 118 valence electrons. The third-order valence-electron chi connectivity index (χ3n) is 7.01.